The molecule has 1 heteroatoms. The van der Waals surface area contributed by atoms with E-state index in [0.29, 0.717) is 0 Å². The molecule has 1 aromatic carbocycles. The second-order valence-electron chi connectivity index (χ2n) is 3.28. The summed E-state index contributed by atoms with van der Waals surface area (Å²) < 4.78 is 13.2. The third kappa shape index (κ3) is 5.36. The van der Waals surface area contributed by atoms with Gasteiger partial charge in [-0.3, -0.25) is 0 Å². The van der Waals surface area contributed by atoms with Crippen LogP contribution in [0.25, 0.3) is 0 Å². The quantitative estimate of drug-likeness (QED) is 0.498. The number of hydrogen-bond donors (Lipinski definition) is 0. The van der Waals surface area contributed by atoms with Crippen LogP contribution < -0.4 is 0 Å². The van der Waals surface area contributed by atoms with Gasteiger partial charge in [-0.05, 0) is 37.8 Å². The van der Waals surface area contributed by atoms with E-state index in [1.807, 2.05) is 32.9 Å². The van der Waals surface area contributed by atoms with Crippen LogP contribution in [0.3, 0.4) is 0 Å². The highest BCUT2D eigenvalue weighted by Crippen LogP contribution is 2.12. The van der Waals surface area contributed by atoms with E-state index < -0.39 is 0 Å². The Bertz CT molecular complexity index is 289. The minimum absolute atomic E-state index is 0.0883. The molecule has 15 heavy (non-hydrogen) atoms. The van der Waals surface area contributed by atoms with Crippen molar-refractivity contribution in [2.75, 3.05) is 0 Å². The molecule has 1 rings (SSSR count). The molecule has 0 N–H and O–H groups in total. The van der Waals surface area contributed by atoms with E-state index in [1.165, 1.54) is 0 Å². The maximum absolute atomic E-state index is 13.2. The van der Waals surface area contributed by atoms with Gasteiger partial charge in [0.1, 0.15) is 5.82 Å². The first-order valence-electron chi connectivity index (χ1n) is 5.60. The van der Waals surface area contributed by atoms with E-state index in [0.717, 1.165) is 30.4 Å². The van der Waals surface area contributed by atoms with Gasteiger partial charge in [-0.15, -0.1) is 6.58 Å². The summed E-state index contributed by atoms with van der Waals surface area (Å²) in [5.41, 5.74) is 1.94. The zero-order chi connectivity index (χ0) is 11.7. The van der Waals surface area contributed by atoms with Crippen LogP contribution in [-0.2, 0) is 6.42 Å². The number of unbranched alkanes of at least 4 members (excludes halogenated alkanes) is 1. The Hall–Kier alpha value is -1.11. The first-order chi connectivity index (χ1) is 7.24. The van der Waals surface area contributed by atoms with Crippen molar-refractivity contribution in [2.24, 2.45) is 0 Å². The molecule has 1 aromatic rings. The van der Waals surface area contributed by atoms with Crippen LogP contribution >= 0.6 is 0 Å². The molecule has 0 amide bonds. The molecule has 0 aliphatic rings. The summed E-state index contributed by atoms with van der Waals surface area (Å²) in [5.74, 6) is -0.0883. The van der Waals surface area contributed by atoms with Gasteiger partial charge in [0.05, 0.1) is 0 Å². The SMILES string of the molecule is C=CCCCc1cc(C)ccc1F.CC. The zero-order valence-corrected chi connectivity index (χ0v) is 10.0. The molecular weight excluding hydrogens is 187 g/mol. The molecule has 0 fully saturated rings. The highest BCUT2D eigenvalue weighted by Gasteiger charge is 2.00. The Morgan fingerprint density at radius 3 is 2.60 bits per heavy atom. The van der Waals surface area contributed by atoms with Gasteiger partial charge in [0.2, 0.25) is 0 Å². The number of aryl methyl sites for hydroxylation is 2. The molecule has 0 atom stereocenters. The molecule has 0 aromatic heterocycles. The average Bonchev–Trinajstić information content (AvgIpc) is 2.26. The number of benzene rings is 1. The van der Waals surface area contributed by atoms with Crippen molar-refractivity contribution in [3.05, 3.63) is 47.8 Å². The second kappa shape index (κ2) is 8.22. The van der Waals surface area contributed by atoms with Crippen molar-refractivity contribution < 1.29 is 4.39 Å². The Morgan fingerprint density at radius 2 is 2.00 bits per heavy atom. The van der Waals surface area contributed by atoms with Crippen LogP contribution in [0.4, 0.5) is 4.39 Å². The lowest BCUT2D eigenvalue weighted by atomic mass is 10.1. The zero-order valence-electron chi connectivity index (χ0n) is 10.0. The monoisotopic (exact) mass is 208 g/mol. The van der Waals surface area contributed by atoms with Gasteiger partial charge in [0.15, 0.2) is 0 Å². The van der Waals surface area contributed by atoms with E-state index in [4.69, 9.17) is 0 Å². The van der Waals surface area contributed by atoms with Crippen LogP contribution in [-0.4, -0.2) is 0 Å². The Morgan fingerprint density at radius 1 is 1.33 bits per heavy atom. The lowest BCUT2D eigenvalue weighted by Crippen LogP contribution is -1.91. The van der Waals surface area contributed by atoms with E-state index in [2.05, 4.69) is 6.58 Å². The fourth-order valence-corrected chi connectivity index (χ4v) is 1.33. The summed E-state index contributed by atoms with van der Waals surface area (Å²) in [7, 11) is 0. The standard InChI is InChI=1S/C12H15F.C2H6/c1-3-4-5-6-11-9-10(2)7-8-12(11)13;1-2/h3,7-9H,1,4-6H2,2H3;1-2H3. The maximum atomic E-state index is 13.2. The highest BCUT2D eigenvalue weighted by molar-refractivity contribution is 5.24. The highest BCUT2D eigenvalue weighted by atomic mass is 19.1. The average molecular weight is 208 g/mol. The van der Waals surface area contributed by atoms with Crippen molar-refractivity contribution in [3.8, 4) is 0 Å². The fourth-order valence-electron chi connectivity index (χ4n) is 1.33. The Kier molecular flexibility index (Phi) is 7.61. The maximum Gasteiger partial charge on any atom is 0.126 e. The molecule has 0 bridgehead atoms. The molecule has 0 radical (unpaired) electrons. The topological polar surface area (TPSA) is 0 Å². The normalized spacial score (nSPS) is 9.07. The van der Waals surface area contributed by atoms with Crippen LogP contribution in [0.5, 0.6) is 0 Å². The molecule has 0 aliphatic heterocycles. The van der Waals surface area contributed by atoms with Crippen LogP contribution in [0, 0.1) is 12.7 Å². The lowest BCUT2D eigenvalue weighted by Gasteiger charge is -2.02. The van der Waals surface area contributed by atoms with E-state index in [1.54, 1.807) is 12.1 Å². The molecular formula is C14H21F. The fraction of sp³-hybridized carbons (Fsp3) is 0.429. The first-order valence-corrected chi connectivity index (χ1v) is 5.60. The minimum Gasteiger partial charge on any atom is -0.207 e. The molecule has 0 saturated carbocycles. The summed E-state index contributed by atoms with van der Waals surface area (Å²) in [6, 6.07) is 5.25. The van der Waals surface area contributed by atoms with E-state index in [-0.39, 0.29) is 5.82 Å². The van der Waals surface area contributed by atoms with Crippen molar-refractivity contribution in [3.63, 3.8) is 0 Å². The summed E-state index contributed by atoms with van der Waals surface area (Å²) in [6.45, 7) is 9.62. The minimum atomic E-state index is -0.0883. The second-order valence-corrected chi connectivity index (χ2v) is 3.28. The molecule has 0 saturated heterocycles. The van der Waals surface area contributed by atoms with E-state index in [9.17, 15) is 4.39 Å². The van der Waals surface area contributed by atoms with Crippen LogP contribution in [0.15, 0.2) is 30.9 Å². The summed E-state index contributed by atoms with van der Waals surface area (Å²) in [5, 5.41) is 0. The van der Waals surface area contributed by atoms with Crippen molar-refractivity contribution in [2.45, 2.75) is 40.0 Å². The van der Waals surface area contributed by atoms with Gasteiger partial charge in [-0.25, -0.2) is 4.39 Å². The smallest absolute Gasteiger partial charge is 0.126 e. The van der Waals surface area contributed by atoms with Gasteiger partial charge >= 0.3 is 0 Å². The molecule has 0 spiro atoms. The van der Waals surface area contributed by atoms with Gasteiger partial charge in [-0.2, -0.15) is 0 Å². The van der Waals surface area contributed by atoms with Crippen LogP contribution in [0.1, 0.15) is 37.8 Å². The van der Waals surface area contributed by atoms with E-state index >= 15 is 0 Å². The van der Waals surface area contributed by atoms with Gasteiger partial charge in [0.25, 0.3) is 0 Å². The molecule has 0 unspecified atom stereocenters. The predicted octanol–water partition coefficient (Wildman–Crippen LogP) is 4.67. The Balaban J connectivity index is 0.000000921. The number of rotatable bonds is 4. The van der Waals surface area contributed by atoms with Gasteiger partial charge in [0, 0.05) is 0 Å². The third-order valence-electron chi connectivity index (χ3n) is 2.06. The van der Waals surface area contributed by atoms with Gasteiger partial charge < -0.3 is 0 Å². The number of hydrogen-bond acceptors (Lipinski definition) is 0. The number of halogens is 1. The largest absolute Gasteiger partial charge is 0.207 e. The van der Waals surface area contributed by atoms with Crippen LogP contribution in [0.2, 0.25) is 0 Å². The van der Waals surface area contributed by atoms with Gasteiger partial charge in [-0.1, -0.05) is 37.6 Å². The molecule has 0 nitrogen and oxygen atoms in total. The first kappa shape index (κ1) is 13.9. The molecule has 0 aliphatic carbocycles. The summed E-state index contributed by atoms with van der Waals surface area (Å²) in [4.78, 5) is 0. The predicted molar refractivity (Wildman–Crippen MR) is 65.6 cm³/mol. The lowest BCUT2D eigenvalue weighted by molar-refractivity contribution is 0.604. The van der Waals surface area contributed by atoms with Crippen molar-refractivity contribution in [1.29, 1.82) is 0 Å². The summed E-state index contributed by atoms with van der Waals surface area (Å²) >= 11 is 0. The summed E-state index contributed by atoms with van der Waals surface area (Å²) in [6.07, 6.45) is 4.60. The van der Waals surface area contributed by atoms with Crippen molar-refractivity contribution >= 4 is 0 Å². The number of allylic oxidation sites excluding steroid dienone is 1. The third-order valence-corrected chi connectivity index (χ3v) is 2.06. The molecule has 84 valence electrons. The van der Waals surface area contributed by atoms with Crippen molar-refractivity contribution in [1.82, 2.24) is 0 Å². The Labute approximate surface area is 92.8 Å². The molecule has 0 heterocycles.